The Bertz CT molecular complexity index is 1830. The van der Waals surface area contributed by atoms with Crippen LogP contribution in [-0.2, 0) is 0 Å². The Morgan fingerprint density at radius 3 is 2.35 bits per heavy atom. The topological polar surface area (TPSA) is 151 Å². The Morgan fingerprint density at radius 1 is 0.977 bits per heavy atom. The first-order valence-corrected chi connectivity index (χ1v) is 14.4. The molecule has 43 heavy (non-hydrogen) atoms. The summed E-state index contributed by atoms with van der Waals surface area (Å²) >= 11 is 0. The number of carbonyl (C=O) groups excluding carboxylic acids is 2. The van der Waals surface area contributed by atoms with Crippen molar-refractivity contribution in [2.75, 3.05) is 24.7 Å². The number of aromatic amines is 1. The van der Waals surface area contributed by atoms with Crippen LogP contribution in [0.2, 0.25) is 0 Å². The lowest BCUT2D eigenvalue weighted by atomic mass is 9.85. The van der Waals surface area contributed by atoms with E-state index < -0.39 is 0 Å². The fourth-order valence-electron chi connectivity index (χ4n) is 6.62. The van der Waals surface area contributed by atoms with Crippen molar-refractivity contribution >= 4 is 29.1 Å². The van der Waals surface area contributed by atoms with E-state index in [2.05, 4.69) is 25.3 Å². The standard InChI is InChI=1S/C31H32N10O2/c1-17(42)25-26(20-13-21-10-11-22(14-20)40(21)30(43)28-36-31(38-37-28)39(2)3)35-29-23(16-34-41(29)27(25)32)19-9-12-24(33-15-19)18-7-5-4-6-8-18/h4-9,12,15-16,20-22H,10-11,13-14,32H2,1-3H3,(H,36,37,38)/t20-,21-,22+. The van der Waals surface area contributed by atoms with Crippen LogP contribution in [-0.4, -0.2) is 77.5 Å². The van der Waals surface area contributed by atoms with Crippen molar-refractivity contribution in [1.82, 2.24) is 39.7 Å². The first-order chi connectivity index (χ1) is 20.8. The van der Waals surface area contributed by atoms with Crippen LogP contribution in [0.15, 0.2) is 54.9 Å². The molecule has 5 aromatic rings. The van der Waals surface area contributed by atoms with E-state index in [0.29, 0.717) is 35.7 Å². The number of aromatic nitrogens is 7. The average molecular weight is 577 g/mol. The van der Waals surface area contributed by atoms with Crippen molar-refractivity contribution < 1.29 is 9.59 Å². The van der Waals surface area contributed by atoms with Gasteiger partial charge in [-0.05, 0) is 38.7 Å². The SMILES string of the molecule is CC(=O)c1c([C@@H]2C[C@H]3CC[C@@H](C2)N3C(=O)c2n[nH]c(N(C)C)n2)nc2c(-c3ccc(-c4ccccc4)nc3)cnn2c1N. The molecule has 2 bridgehead atoms. The molecule has 0 unspecified atom stereocenters. The molecule has 2 saturated heterocycles. The van der Waals surface area contributed by atoms with E-state index in [1.807, 2.05) is 67.7 Å². The molecule has 1 aromatic carbocycles. The second kappa shape index (κ2) is 10.3. The van der Waals surface area contributed by atoms with Crippen molar-refractivity contribution in [2.24, 2.45) is 0 Å². The van der Waals surface area contributed by atoms with Gasteiger partial charge in [-0.1, -0.05) is 36.4 Å². The maximum atomic E-state index is 13.5. The lowest BCUT2D eigenvalue weighted by Crippen LogP contribution is -2.46. The van der Waals surface area contributed by atoms with Gasteiger partial charge in [0.25, 0.3) is 5.91 Å². The highest BCUT2D eigenvalue weighted by Gasteiger charge is 2.46. The third-order valence-corrected chi connectivity index (χ3v) is 8.65. The van der Waals surface area contributed by atoms with Crippen LogP contribution in [0.3, 0.4) is 0 Å². The Balaban J connectivity index is 1.23. The zero-order valence-corrected chi connectivity index (χ0v) is 24.2. The largest absolute Gasteiger partial charge is 0.383 e. The molecule has 1 amide bonds. The van der Waals surface area contributed by atoms with Crippen LogP contribution in [0.1, 0.15) is 65.2 Å². The second-order valence-electron chi connectivity index (χ2n) is 11.5. The third kappa shape index (κ3) is 4.49. The van der Waals surface area contributed by atoms with Crippen molar-refractivity contribution in [2.45, 2.75) is 50.6 Å². The molecule has 3 N–H and O–H groups in total. The summed E-state index contributed by atoms with van der Waals surface area (Å²) in [5.41, 5.74) is 11.8. The van der Waals surface area contributed by atoms with Gasteiger partial charge in [0.1, 0.15) is 5.82 Å². The van der Waals surface area contributed by atoms with Gasteiger partial charge in [-0.3, -0.25) is 14.6 Å². The minimum absolute atomic E-state index is 0.00396. The number of nitrogens with one attached hydrogen (secondary N) is 1. The number of anilines is 2. The lowest BCUT2D eigenvalue weighted by molar-refractivity contribution is 0.0556. The maximum Gasteiger partial charge on any atom is 0.294 e. The maximum absolute atomic E-state index is 13.5. The fraction of sp³-hybridized carbons (Fsp3) is 0.323. The Morgan fingerprint density at radius 2 is 1.72 bits per heavy atom. The molecule has 218 valence electrons. The molecule has 2 aliphatic heterocycles. The van der Waals surface area contributed by atoms with E-state index in [-0.39, 0.29) is 41.3 Å². The van der Waals surface area contributed by atoms with Crippen molar-refractivity contribution in [3.8, 4) is 22.4 Å². The van der Waals surface area contributed by atoms with Gasteiger partial charge in [-0.15, -0.1) is 5.10 Å². The number of nitrogens with two attached hydrogens (primary N) is 1. The molecular formula is C31H32N10O2. The summed E-state index contributed by atoms with van der Waals surface area (Å²) in [7, 11) is 3.68. The summed E-state index contributed by atoms with van der Waals surface area (Å²) in [6.07, 6.45) is 6.63. The number of Topliss-reactive ketones (excluding diaryl/α,β-unsaturated/α-hetero) is 1. The number of pyridine rings is 1. The van der Waals surface area contributed by atoms with Gasteiger partial charge in [0.2, 0.25) is 11.8 Å². The van der Waals surface area contributed by atoms with Gasteiger partial charge in [0.15, 0.2) is 11.4 Å². The number of hydrogen-bond acceptors (Lipinski definition) is 9. The van der Waals surface area contributed by atoms with Gasteiger partial charge in [-0.25, -0.2) is 10.1 Å². The van der Waals surface area contributed by atoms with E-state index in [9.17, 15) is 9.59 Å². The Hall–Kier alpha value is -5.13. The van der Waals surface area contributed by atoms with E-state index >= 15 is 0 Å². The Kier molecular flexibility index (Phi) is 6.41. The third-order valence-electron chi connectivity index (χ3n) is 8.65. The van der Waals surface area contributed by atoms with Crippen LogP contribution in [0, 0.1) is 0 Å². The molecule has 3 atom stereocenters. The first kappa shape index (κ1) is 26.7. The van der Waals surface area contributed by atoms with E-state index in [1.54, 1.807) is 15.6 Å². The molecular weight excluding hydrogens is 544 g/mol. The first-order valence-electron chi connectivity index (χ1n) is 14.4. The molecule has 12 heteroatoms. The van der Waals surface area contributed by atoms with Crippen molar-refractivity contribution in [1.29, 1.82) is 0 Å². The zero-order chi connectivity index (χ0) is 29.8. The highest BCUT2D eigenvalue weighted by Crippen LogP contribution is 2.45. The number of fused-ring (bicyclic) bond motifs is 3. The predicted octanol–water partition coefficient (Wildman–Crippen LogP) is 3.98. The summed E-state index contributed by atoms with van der Waals surface area (Å²) in [6, 6.07) is 14.0. The van der Waals surface area contributed by atoms with E-state index in [1.165, 1.54) is 6.92 Å². The molecule has 7 rings (SSSR count). The van der Waals surface area contributed by atoms with Crippen LogP contribution in [0.5, 0.6) is 0 Å². The second-order valence-corrected chi connectivity index (χ2v) is 11.5. The number of nitrogens with zero attached hydrogens (tertiary/aromatic N) is 8. The van der Waals surface area contributed by atoms with Gasteiger partial charge in [0, 0.05) is 55.0 Å². The zero-order valence-electron chi connectivity index (χ0n) is 24.2. The molecule has 0 aliphatic carbocycles. The number of piperidine rings is 1. The quantitative estimate of drug-likeness (QED) is 0.286. The molecule has 6 heterocycles. The number of ketones is 1. The molecule has 0 radical (unpaired) electrons. The number of carbonyl (C=O) groups is 2. The van der Waals surface area contributed by atoms with Gasteiger partial charge < -0.3 is 15.5 Å². The highest BCUT2D eigenvalue weighted by molar-refractivity contribution is 6.00. The van der Waals surface area contributed by atoms with Crippen molar-refractivity contribution in [3.05, 3.63) is 71.9 Å². The van der Waals surface area contributed by atoms with Crippen LogP contribution >= 0.6 is 0 Å². The number of amides is 1. The minimum Gasteiger partial charge on any atom is -0.383 e. The van der Waals surface area contributed by atoms with Gasteiger partial charge in [-0.2, -0.15) is 14.6 Å². The summed E-state index contributed by atoms with van der Waals surface area (Å²) in [5.74, 6) is 0.605. The summed E-state index contributed by atoms with van der Waals surface area (Å²) in [4.78, 5) is 44.3. The van der Waals surface area contributed by atoms with Gasteiger partial charge >= 0.3 is 0 Å². The highest BCUT2D eigenvalue weighted by atomic mass is 16.2. The molecule has 2 aliphatic rings. The normalized spacial score (nSPS) is 19.6. The summed E-state index contributed by atoms with van der Waals surface area (Å²) in [5, 5.41) is 11.5. The van der Waals surface area contributed by atoms with Crippen molar-refractivity contribution in [3.63, 3.8) is 0 Å². The van der Waals surface area contributed by atoms with Gasteiger partial charge in [0.05, 0.1) is 23.1 Å². The minimum atomic E-state index is -0.172. The molecule has 0 spiro atoms. The summed E-state index contributed by atoms with van der Waals surface area (Å²) in [6.45, 7) is 1.51. The fourth-order valence-corrected chi connectivity index (χ4v) is 6.62. The lowest BCUT2D eigenvalue weighted by Gasteiger charge is -2.38. The number of H-pyrrole nitrogens is 1. The molecule has 0 saturated carbocycles. The molecule has 4 aromatic heterocycles. The predicted molar refractivity (Wildman–Crippen MR) is 162 cm³/mol. The monoisotopic (exact) mass is 576 g/mol. The molecule has 12 nitrogen and oxygen atoms in total. The van der Waals surface area contributed by atoms with Crippen LogP contribution in [0.4, 0.5) is 11.8 Å². The van der Waals surface area contributed by atoms with Crippen LogP contribution < -0.4 is 10.6 Å². The summed E-state index contributed by atoms with van der Waals surface area (Å²) < 4.78 is 1.54. The van der Waals surface area contributed by atoms with Crippen LogP contribution in [0.25, 0.3) is 28.0 Å². The van der Waals surface area contributed by atoms with E-state index in [0.717, 1.165) is 35.2 Å². The number of nitrogen functional groups attached to an aromatic ring is 1. The number of rotatable bonds is 6. The average Bonchev–Trinajstić information content (AvgIpc) is 3.74. The number of hydrogen-bond donors (Lipinski definition) is 2. The number of benzene rings is 1. The molecule has 2 fully saturated rings. The smallest absolute Gasteiger partial charge is 0.294 e. The Labute approximate surface area is 248 Å². The van der Waals surface area contributed by atoms with E-state index in [4.69, 9.17) is 10.7 Å².